The first-order valence-corrected chi connectivity index (χ1v) is 12.7. The lowest BCUT2D eigenvalue weighted by Crippen LogP contribution is -2.55. The molecule has 0 aliphatic carbocycles. The van der Waals surface area contributed by atoms with E-state index >= 15 is 0 Å². The molecule has 0 heterocycles. The van der Waals surface area contributed by atoms with Gasteiger partial charge in [0.15, 0.2) is 0 Å². The van der Waals surface area contributed by atoms with Crippen LogP contribution in [0.2, 0.25) is 0 Å². The van der Waals surface area contributed by atoms with Gasteiger partial charge in [0.25, 0.3) is 5.91 Å². The van der Waals surface area contributed by atoms with Crippen molar-refractivity contribution in [1.29, 1.82) is 0 Å². The number of nitrogens with zero attached hydrogens (tertiary/aromatic N) is 1. The fourth-order valence-electron chi connectivity index (χ4n) is 3.78. The lowest BCUT2D eigenvalue weighted by atomic mass is 9.97. The molecule has 0 bridgehead atoms. The van der Waals surface area contributed by atoms with Crippen molar-refractivity contribution in [2.24, 2.45) is 0 Å². The van der Waals surface area contributed by atoms with E-state index in [4.69, 9.17) is 4.74 Å². The molecular weight excluding hydrogens is 474 g/mol. The molecule has 0 saturated heterocycles. The zero-order chi connectivity index (χ0) is 27.2. The summed E-state index contributed by atoms with van der Waals surface area (Å²) in [5.74, 6) is -0.723. The number of aryl methyl sites for hydroxylation is 3. The molecule has 3 amide bonds. The third-order valence-corrected chi connectivity index (χ3v) is 6.12. The molecule has 2 unspecified atom stereocenters. The molecule has 196 valence electrons. The van der Waals surface area contributed by atoms with E-state index in [0.717, 1.165) is 16.7 Å². The molecule has 2 aromatic rings. The van der Waals surface area contributed by atoms with Crippen molar-refractivity contribution in [3.05, 3.63) is 64.7 Å². The van der Waals surface area contributed by atoms with Gasteiger partial charge in [-0.3, -0.25) is 9.59 Å². The van der Waals surface area contributed by atoms with Gasteiger partial charge in [0, 0.05) is 17.5 Å². The maximum atomic E-state index is 13.8. The van der Waals surface area contributed by atoms with E-state index in [1.807, 2.05) is 77.1 Å². The van der Waals surface area contributed by atoms with Gasteiger partial charge in [0.2, 0.25) is 5.91 Å². The topological polar surface area (TPSA) is 87.7 Å². The number of ether oxygens (including phenoxy) is 1. The lowest BCUT2D eigenvalue weighted by Gasteiger charge is -2.37. The molecule has 0 saturated carbocycles. The molecule has 2 N–H and O–H groups in total. The minimum Gasteiger partial charge on any atom is -0.444 e. The highest BCUT2D eigenvalue weighted by Gasteiger charge is 2.37. The Labute approximate surface area is 220 Å². The van der Waals surface area contributed by atoms with Crippen molar-refractivity contribution >= 4 is 36.2 Å². The molecule has 0 aliphatic heterocycles. The maximum absolute atomic E-state index is 13.8. The number of anilines is 1. The minimum atomic E-state index is -0.981. The number of nitrogens with one attached hydrogen (secondary N) is 2. The average molecular weight is 514 g/mol. The number of benzene rings is 2. The second kappa shape index (κ2) is 12.3. The Hall–Kier alpha value is -3.00. The molecule has 8 heteroatoms. The summed E-state index contributed by atoms with van der Waals surface area (Å²) in [6, 6.07) is 11.0. The summed E-state index contributed by atoms with van der Waals surface area (Å²) in [4.78, 5) is 41.6. The minimum absolute atomic E-state index is 0.0420. The van der Waals surface area contributed by atoms with Crippen LogP contribution in [0.5, 0.6) is 0 Å². The summed E-state index contributed by atoms with van der Waals surface area (Å²) in [5.41, 5.74) is 3.63. The number of hydrogen-bond donors (Lipinski definition) is 3. The number of thiol groups is 1. The van der Waals surface area contributed by atoms with Crippen LogP contribution in [0.15, 0.2) is 42.5 Å². The van der Waals surface area contributed by atoms with Gasteiger partial charge in [0.05, 0.1) is 0 Å². The fourth-order valence-corrected chi connectivity index (χ4v) is 4.03. The second-order valence-corrected chi connectivity index (χ2v) is 10.6. The molecule has 36 heavy (non-hydrogen) atoms. The van der Waals surface area contributed by atoms with Crippen molar-refractivity contribution in [3.8, 4) is 0 Å². The van der Waals surface area contributed by atoms with E-state index < -0.39 is 29.7 Å². The first-order chi connectivity index (χ1) is 16.7. The van der Waals surface area contributed by atoms with Crippen LogP contribution in [-0.4, -0.2) is 46.2 Å². The first kappa shape index (κ1) is 29.2. The largest absolute Gasteiger partial charge is 0.444 e. The number of carbonyl (C=O) groups excluding carboxylic acids is 3. The SMILES string of the molecule is Cc1ccc(C(C(=O)Nc2ccccc2C)N(C(=O)C(CS)NC(=O)OC(C)(C)C)C(C)C)cc1C. The smallest absolute Gasteiger partial charge is 0.408 e. The highest BCUT2D eigenvalue weighted by molar-refractivity contribution is 7.80. The Bertz CT molecular complexity index is 1090. The number of rotatable bonds is 8. The Morgan fingerprint density at radius 1 is 0.972 bits per heavy atom. The van der Waals surface area contributed by atoms with Crippen molar-refractivity contribution in [3.63, 3.8) is 0 Å². The van der Waals surface area contributed by atoms with Crippen LogP contribution in [0.1, 0.15) is 62.9 Å². The first-order valence-electron chi connectivity index (χ1n) is 12.1. The van der Waals surface area contributed by atoms with Crippen LogP contribution in [0, 0.1) is 20.8 Å². The summed E-state index contributed by atoms with van der Waals surface area (Å²) in [7, 11) is 0. The van der Waals surface area contributed by atoms with Gasteiger partial charge in [-0.25, -0.2) is 4.79 Å². The van der Waals surface area contributed by atoms with Crippen molar-refractivity contribution < 1.29 is 19.1 Å². The third kappa shape index (κ3) is 7.75. The summed E-state index contributed by atoms with van der Waals surface area (Å²) in [6.07, 6.45) is -0.717. The summed E-state index contributed by atoms with van der Waals surface area (Å²) >= 11 is 4.32. The maximum Gasteiger partial charge on any atom is 0.408 e. The Morgan fingerprint density at radius 2 is 1.61 bits per heavy atom. The number of alkyl carbamates (subject to hydrolysis) is 1. The lowest BCUT2D eigenvalue weighted by molar-refractivity contribution is -0.142. The zero-order valence-electron chi connectivity index (χ0n) is 22.5. The zero-order valence-corrected chi connectivity index (χ0v) is 23.4. The van der Waals surface area contributed by atoms with Crippen molar-refractivity contribution in [1.82, 2.24) is 10.2 Å². The van der Waals surface area contributed by atoms with E-state index in [2.05, 4.69) is 23.3 Å². The highest BCUT2D eigenvalue weighted by atomic mass is 32.1. The van der Waals surface area contributed by atoms with Crippen LogP contribution < -0.4 is 10.6 Å². The van der Waals surface area contributed by atoms with Crippen LogP contribution in [-0.2, 0) is 14.3 Å². The summed E-state index contributed by atoms with van der Waals surface area (Å²) in [5, 5.41) is 5.62. The number of para-hydroxylation sites is 1. The van der Waals surface area contributed by atoms with Crippen molar-refractivity contribution in [2.45, 2.75) is 79.1 Å². The van der Waals surface area contributed by atoms with E-state index in [9.17, 15) is 14.4 Å². The standard InChI is InChI=1S/C28H39N3O4S/c1-17(2)31(26(33)23(16-36)30-27(34)35-28(6,7)8)24(21-14-13-18(3)20(5)15-21)25(32)29-22-12-10-9-11-19(22)4/h9-15,17,23-24,36H,16H2,1-8H3,(H,29,32)(H,30,34). The van der Waals surface area contributed by atoms with E-state index in [1.165, 1.54) is 4.90 Å². The van der Waals surface area contributed by atoms with Gasteiger partial charge >= 0.3 is 6.09 Å². The second-order valence-electron chi connectivity index (χ2n) is 10.3. The van der Waals surface area contributed by atoms with Gasteiger partial charge < -0.3 is 20.3 Å². The molecule has 0 aromatic heterocycles. The average Bonchev–Trinajstić information content (AvgIpc) is 2.77. The van der Waals surface area contributed by atoms with E-state index in [0.29, 0.717) is 11.3 Å². The summed E-state index contributed by atoms with van der Waals surface area (Å²) < 4.78 is 5.34. The normalized spacial score (nSPS) is 13.1. The van der Waals surface area contributed by atoms with E-state index in [-0.39, 0.29) is 17.7 Å². The fraction of sp³-hybridized carbons (Fsp3) is 0.464. The Balaban J connectivity index is 2.50. The predicted octanol–water partition coefficient (Wildman–Crippen LogP) is 5.35. The molecule has 0 aliphatic rings. The molecule has 2 atom stereocenters. The molecule has 2 rings (SSSR count). The van der Waals surface area contributed by atoms with Gasteiger partial charge in [-0.1, -0.05) is 36.4 Å². The Kier molecular flexibility index (Phi) is 9.99. The molecule has 2 aromatic carbocycles. The predicted molar refractivity (Wildman–Crippen MR) is 147 cm³/mol. The van der Waals surface area contributed by atoms with Crippen LogP contribution in [0.3, 0.4) is 0 Å². The Morgan fingerprint density at radius 3 is 2.14 bits per heavy atom. The third-order valence-electron chi connectivity index (χ3n) is 5.76. The molecule has 0 fully saturated rings. The number of hydrogen-bond acceptors (Lipinski definition) is 5. The monoisotopic (exact) mass is 513 g/mol. The number of amides is 3. The van der Waals surface area contributed by atoms with Crippen LogP contribution in [0.25, 0.3) is 0 Å². The van der Waals surface area contributed by atoms with Crippen LogP contribution >= 0.6 is 12.6 Å². The summed E-state index contributed by atoms with van der Waals surface area (Å²) in [6.45, 7) is 14.8. The molecule has 7 nitrogen and oxygen atoms in total. The van der Waals surface area contributed by atoms with Crippen LogP contribution in [0.4, 0.5) is 10.5 Å². The highest BCUT2D eigenvalue weighted by Crippen LogP contribution is 2.28. The quantitative estimate of drug-likeness (QED) is 0.415. The van der Waals surface area contributed by atoms with Crippen molar-refractivity contribution in [2.75, 3.05) is 11.1 Å². The van der Waals surface area contributed by atoms with Gasteiger partial charge in [0.1, 0.15) is 17.7 Å². The van der Waals surface area contributed by atoms with E-state index in [1.54, 1.807) is 20.8 Å². The molecule has 0 radical (unpaired) electrons. The number of carbonyl (C=O) groups is 3. The molecular formula is C28H39N3O4S. The van der Waals surface area contributed by atoms with Gasteiger partial charge in [-0.05, 0) is 83.7 Å². The molecule has 0 spiro atoms. The van der Waals surface area contributed by atoms with Gasteiger partial charge in [-0.15, -0.1) is 0 Å². The van der Waals surface area contributed by atoms with Gasteiger partial charge in [-0.2, -0.15) is 12.6 Å².